The largest absolute Gasteiger partial charge is 0.481 e. The highest BCUT2D eigenvalue weighted by Gasteiger charge is 2.06. The lowest BCUT2D eigenvalue weighted by Gasteiger charge is -2.08. The first-order chi connectivity index (χ1) is 10.6. The minimum absolute atomic E-state index is 0.168. The first-order valence-electron chi connectivity index (χ1n) is 6.39. The molecule has 1 amide bonds. The lowest BCUT2D eigenvalue weighted by molar-refractivity contribution is -0.118. The molecule has 1 heterocycles. The first-order valence-corrected chi connectivity index (χ1v) is 8.17. The van der Waals surface area contributed by atoms with E-state index in [4.69, 9.17) is 4.74 Å². The maximum Gasteiger partial charge on any atom is 0.248 e. The Morgan fingerprint density at radius 1 is 1.41 bits per heavy atom. The Labute approximate surface area is 141 Å². The van der Waals surface area contributed by atoms with Crippen LogP contribution in [-0.2, 0) is 4.79 Å². The molecule has 6 nitrogen and oxygen atoms in total. The van der Waals surface area contributed by atoms with Crippen molar-refractivity contribution >= 4 is 39.5 Å². The Kier molecular flexibility index (Phi) is 6.02. The molecule has 0 unspecified atom stereocenters. The third-order valence-electron chi connectivity index (χ3n) is 2.65. The number of nitrogens with zero attached hydrogens (tertiary/aromatic N) is 2. The number of ether oxygens (including phenoxy) is 1. The summed E-state index contributed by atoms with van der Waals surface area (Å²) in [5.41, 5.74) is 6.33. The van der Waals surface area contributed by atoms with E-state index in [-0.39, 0.29) is 11.9 Å². The van der Waals surface area contributed by atoms with Gasteiger partial charge in [0.15, 0.2) is 0 Å². The Morgan fingerprint density at radius 2 is 2.23 bits per heavy atom. The molecule has 0 spiro atoms. The molecule has 0 bridgehead atoms. The van der Waals surface area contributed by atoms with Gasteiger partial charge in [0, 0.05) is 21.6 Å². The minimum atomic E-state index is -0.168. The lowest BCUT2D eigenvalue weighted by atomic mass is 10.2. The fraction of sp³-hybridized carbons (Fsp3) is 0.214. The number of anilines is 1. The van der Waals surface area contributed by atoms with E-state index in [0.717, 1.165) is 14.9 Å². The topological polar surface area (TPSA) is 76.1 Å². The summed E-state index contributed by atoms with van der Waals surface area (Å²) in [6.45, 7) is 2.01. The normalized spacial score (nSPS) is 10.1. The van der Waals surface area contributed by atoms with Crippen molar-refractivity contribution in [2.45, 2.75) is 11.8 Å². The van der Waals surface area contributed by atoms with Crippen molar-refractivity contribution in [3.8, 4) is 5.88 Å². The third-order valence-corrected chi connectivity index (χ3v) is 4.32. The summed E-state index contributed by atoms with van der Waals surface area (Å²) in [5, 5.41) is 0. The van der Waals surface area contributed by atoms with Crippen molar-refractivity contribution in [1.82, 2.24) is 15.4 Å². The SMILES string of the molecule is COc1ccnc(NNC(=O)CSc2ccc(Br)cc2C)n1. The van der Waals surface area contributed by atoms with E-state index in [9.17, 15) is 4.79 Å². The predicted octanol–water partition coefficient (Wildman–Crippen LogP) is 2.79. The molecule has 2 N–H and O–H groups in total. The highest BCUT2D eigenvalue weighted by molar-refractivity contribution is 9.10. The van der Waals surface area contributed by atoms with Gasteiger partial charge in [0.1, 0.15) is 0 Å². The molecular weight excluding hydrogens is 368 g/mol. The van der Waals surface area contributed by atoms with E-state index in [1.54, 1.807) is 12.3 Å². The van der Waals surface area contributed by atoms with E-state index in [0.29, 0.717) is 11.6 Å². The number of nitrogens with one attached hydrogen (secondary N) is 2. The summed E-state index contributed by atoms with van der Waals surface area (Å²) < 4.78 is 6.00. The van der Waals surface area contributed by atoms with Crippen LogP contribution in [0.15, 0.2) is 39.8 Å². The van der Waals surface area contributed by atoms with Crippen molar-refractivity contribution in [2.24, 2.45) is 0 Å². The van der Waals surface area contributed by atoms with Crippen LogP contribution in [0.5, 0.6) is 5.88 Å². The Bertz CT molecular complexity index is 669. The second-order valence-electron chi connectivity index (χ2n) is 4.29. The van der Waals surface area contributed by atoms with Gasteiger partial charge < -0.3 is 4.74 Å². The van der Waals surface area contributed by atoms with Crippen molar-refractivity contribution in [3.63, 3.8) is 0 Å². The summed E-state index contributed by atoms with van der Waals surface area (Å²) in [5.74, 6) is 0.822. The number of carbonyl (C=O) groups is 1. The van der Waals surface area contributed by atoms with Gasteiger partial charge >= 0.3 is 0 Å². The zero-order valence-electron chi connectivity index (χ0n) is 12.1. The zero-order chi connectivity index (χ0) is 15.9. The molecule has 0 fully saturated rings. The molecule has 0 saturated carbocycles. The molecule has 0 aliphatic rings. The van der Waals surface area contributed by atoms with Gasteiger partial charge in [0.25, 0.3) is 0 Å². The number of methoxy groups -OCH3 is 1. The number of aromatic nitrogens is 2. The summed E-state index contributed by atoms with van der Waals surface area (Å²) >= 11 is 4.88. The number of hydrogen-bond acceptors (Lipinski definition) is 6. The molecular formula is C14H15BrN4O2S. The lowest BCUT2D eigenvalue weighted by Crippen LogP contribution is -2.31. The molecule has 2 rings (SSSR count). The number of rotatable bonds is 6. The molecule has 1 aromatic carbocycles. The zero-order valence-corrected chi connectivity index (χ0v) is 14.5. The van der Waals surface area contributed by atoms with Gasteiger partial charge in [0.2, 0.25) is 17.7 Å². The van der Waals surface area contributed by atoms with E-state index in [2.05, 4.69) is 36.7 Å². The van der Waals surface area contributed by atoms with E-state index < -0.39 is 0 Å². The number of carbonyl (C=O) groups excluding carboxylic acids is 1. The maximum atomic E-state index is 11.8. The van der Waals surface area contributed by atoms with Crippen LogP contribution in [0.1, 0.15) is 5.56 Å². The average molecular weight is 383 g/mol. The number of hydrazine groups is 1. The van der Waals surface area contributed by atoms with Crippen LogP contribution >= 0.6 is 27.7 Å². The molecule has 116 valence electrons. The average Bonchev–Trinajstić information content (AvgIpc) is 2.52. The quantitative estimate of drug-likeness (QED) is 0.590. The highest BCUT2D eigenvalue weighted by Crippen LogP contribution is 2.25. The predicted molar refractivity (Wildman–Crippen MR) is 90.0 cm³/mol. The van der Waals surface area contributed by atoms with Gasteiger partial charge in [-0.15, -0.1) is 11.8 Å². The van der Waals surface area contributed by atoms with Crippen molar-refractivity contribution in [1.29, 1.82) is 0 Å². The fourth-order valence-electron chi connectivity index (χ4n) is 1.60. The summed E-state index contributed by atoms with van der Waals surface area (Å²) in [4.78, 5) is 20.9. The Hall–Kier alpha value is -1.80. The van der Waals surface area contributed by atoms with Gasteiger partial charge in [-0.3, -0.25) is 15.6 Å². The molecule has 0 atom stereocenters. The molecule has 0 aliphatic heterocycles. The van der Waals surface area contributed by atoms with Crippen molar-refractivity contribution in [3.05, 3.63) is 40.5 Å². The van der Waals surface area contributed by atoms with E-state index >= 15 is 0 Å². The molecule has 0 saturated heterocycles. The summed E-state index contributed by atoms with van der Waals surface area (Å²) in [7, 11) is 1.52. The van der Waals surface area contributed by atoms with Gasteiger partial charge in [-0.2, -0.15) is 4.98 Å². The molecule has 1 aromatic heterocycles. The summed E-state index contributed by atoms with van der Waals surface area (Å²) in [6.07, 6.45) is 1.54. The summed E-state index contributed by atoms with van der Waals surface area (Å²) in [6, 6.07) is 7.58. The number of thioether (sulfide) groups is 1. The van der Waals surface area contributed by atoms with Crippen LogP contribution in [-0.4, -0.2) is 28.7 Å². The van der Waals surface area contributed by atoms with Gasteiger partial charge in [-0.25, -0.2) is 4.98 Å². The van der Waals surface area contributed by atoms with Crippen LogP contribution in [0.3, 0.4) is 0 Å². The number of aryl methyl sites for hydroxylation is 1. The maximum absolute atomic E-state index is 11.8. The van der Waals surface area contributed by atoms with E-state index in [1.807, 2.05) is 25.1 Å². The standard InChI is InChI=1S/C14H15BrN4O2S/c1-9-7-10(15)3-4-11(9)22-8-12(20)18-19-14-16-6-5-13(17-14)21-2/h3-7H,8H2,1-2H3,(H,18,20)(H,16,17,19). The highest BCUT2D eigenvalue weighted by atomic mass is 79.9. The second kappa shape index (κ2) is 8.00. The van der Waals surface area contributed by atoms with Crippen molar-refractivity contribution < 1.29 is 9.53 Å². The third kappa shape index (κ3) is 4.88. The van der Waals surface area contributed by atoms with Gasteiger partial charge in [-0.05, 0) is 30.7 Å². The number of hydrogen-bond donors (Lipinski definition) is 2. The molecule has 0 radical (unpaired) electrons. The van der Waals surface area contributed by atoms with Crippen LogP contribution in [0.25, 0.3) is 0 Å². The van der Waals surface area contributed by atoms with Gasteiger partial charge in [-0.1, -0.05) is 15.9 Å². The smallest absolute Gasteiger partial charge is 0.248 e. The Balaban J connectivity index is 1.82. The second-order valence-corrected chi connectivity index (χ2v) is 6.23. The number of amides is 1. The molecule has 0 aliphatic carbocycles. The molecule has 22 heavy (non-hydrogen) atoms. The van der Waals surface area contributed by atoms with E-state index in [1.165, 1.54) is 18.9 Å². The van der Waals surface area contributed by atoms with Crippen LogP contribution < -0.4 is 15.6 Å². The Morgan fingerprint density at radius 3 is 2.95 bits per heavy atom. The first kappa shape index (κ1) is 16.6. The molecule has 2 aromatic rings. The van der Waals surface area contributed by atoms with Crippen molar-refractivity contribution in [2.75, 3.05) is 18.3 Å². The van der Waals surface area contributed by atoms with Crippen LogP contribution in [0.2, 0.25) is 0 Å². The number of benzene rings is 1. The van der Waals surface area contributed by atoms with Gasteiger partial charge in [0.05, 0.1) is 12.9 Å². The fourth-order valence-corrected chi connectivity index (χ4v) is 2.88. The number of halogens is 1. The van der Waals surface area contributed by atoms with Crippen LogP contribution in [0, 0.1) is 6.92 Å². The monoisotopic (exact) mass is 382 g/mol. The van der Waals surface area contributed by atoms with Crippen LogP contribution in [0.4, 0.5) is 5.95 Å². The molecule has 8 heteroatoms. The minimum Gasteiger partial charge on any atom is -0.481 e.